The molecule has 0 unspecified atom stereocenters. The predicted molar refractivity (Wildman–Crippen MR) is 136 cm³/mol. The molecule has 1 aliphatic carbocycles. The number of carbonyl (C=O) groups is 1. The Morgan fingerprint density at radius 3 is 2.55 bits per heavy atom. The zero-order chi connectivity index (χ0) is 26.9. The predicted octanol–water partition coefficient (Wildman–Crippen LogP) is 5.31. The maximum absolute atomic E-state index is 13.0. The summed E-state index contributed by atoms with van der Waals surface area (Å²) >= 11 is 0. The Labute approximate surface area is 215 Å². The van der Waals surface area contributed by atoms with Gasteiger partial charge in [-0.3, -0.25) is 9.78 Å². The molecule has 0 bridgehead atoms. The molecule has 4 aromatic rings. The first-order valence-corrected chi connectivity index (χ1v) is 11.8. The number of amidine groups is 1. The zero-order valence-electron chi connectivity index (χ0n) is 20.2. The number of nitrogens with zero attached hydrogens (tertiary/aromatic N) is 5. The number of alkyl halides is 3. The molecule has 1 aliphatic rings. The van der Waals surface area contributed by atoms with Gasteiger partial charge >= 0.3 is 6.18 Å². The van der Waals surface area contributed by atoms with Crippen molar-refractivity contribution >= 4 is 23.2 Å². The number of benzene rings is 1. The number of pyridine rings is 2. The normalized spacial score (nSPS) is 13.8. The summed E-state index contributed by atoms with van der Waals surface area (Å²) in [7, 11) is 0. The summed E-state index contributed by atoms with van der Waals surface area (Å²) in [5.41, 5.74) is 9.39. The van der Waals surface area contributed by atoms with E-state index >= 15 is 0 Å². The van der Waals surface area contributed by atoms with Gasteiger partial charge in [-0.05, 0) is 78.9 Å². The van der Waals surface area contributed by atoms with E-state index < -0.39 is 11.7 Å². The van der Waals surface area contributed by atoms with E-state index in [0.717, 1.165) is 41.2 Å². The molecule has 3 aromatic heterocycles. The molecule has 192 valence electrons. The summed E-state index contributed by atoms with van der Waals surface area (Å²) in [6, 6.07) is 13.5. The third kappa shape index (κ3) is 5.66. The van der Waals surface area contributed by atoms with Crippen molar-refractivity contribution in [1.82, 2.24) is 20.2 Å². The lowest BCUT2D eigenvalue weighted by molar-refractivity contribution is -0.138. The lowest BCUT2D eigenvalue weighted by Gasteiger charge is -2.11. The molecule has 1 amide bonds. The molecule has 38 heavy (non-hydrogen) atoms. The number of carbonyl (C=O) groups excluding carboxylic acids is 1. The van der Waals surface area contributed by atoms with Gasteiger partial charge in [-0.15, -0.1) is 5.10 Å². The molecule has 1 aromatic carbocycles. The first kappa shape index (κ1) is 25.0. The Bertz CT molecular complexity index is 1550. The molecule has 0 atom stereocenters. The summed E-state index contributed by atoms with van der Waals surface area (Å²) in [6.07, 6.45) is 1.16. The van der Waals surface area contributed by atoms with Crippen molar-refractivity contribution in [3.8, 4) is 22.4 Å². The summed E-state index contributed by atoms with van der Waals surface area (Å²) in [5.74, 6) is 0.313. The number of nitrogens with two attached hydrogens (primary N) is 1. The SMILES string of the molecule is Cc1ccc(N=C(N)c2cc(C(F)(F)F)cnn2)cc1-c1ccnc(-c2ccnc(NC(=O)C3CC3)c2)c1. The Balaban J connectivity index is 1.43. The average molecular weight is 518 g/mol. The number of rotatable bonds is 6. The fourth-order valence-corrected chi connectivity index (χ4v) is 3.82. The summed E-state index contributed by atoms with van der Waals surface area (Å²) in [4.78, 5) is 25.1. The molecule has 3 heterocycles. The van der Waals surface area contributed by atoms with Crippen LogP contribution in [0.1, 0.15) is 29.7 Å². The number of halogens is 3. The second-order valence-corrected chi connectivity index (χ2v) is 8.95. The van der Waals surface area contributed by atoms with E-state index in [9.17, 15) is 18.0 Å². The smallest absolute Gasteiger partial charge is 0.382 e. The molecule has 0 radical (unpaired) electrons. The number of nitrogens with one attached hydrogen (secondary N) is 1. The monoisotopic (exact) mass is 517 g/mol. The fraction of sp³-hybridized carbons (Fsp3) is 0.185. The van der Waals surface area contributed by atoms with Gasteiger partial charge in [0, 0.05) is 23.9 Å². The Kier molecular flexibility index (Phi) is 6.58. The number of hydrogen-bond acceptors (Lipinski definition) is 6. The van der Waals surface area contributed by atoms with Crippen LogP contribution in [0.15, 0.2) is 72.1 Å². The summed E-state index contributed by atoms with van der Waals surface area (Å²) < 4.78 is 39.1. The van der Waals surface area contributed by atoms with Gasteiger partial charge < -0.3 is 11.1 Å². The largest absolute Gasteiger partial charge is 0.418 e. The first-order chi connectivity index (χ1) is 18.2. The van der Waals surface area contributed by atoms with Crippen LogP contribution in [0.5, 0.6) is 0 Å². The summed E-state index contributed by atoms with van der Waals surface area (Å²) in [5, 5.41) is 9.93. The van der Waals surface area contributed by atoms with E-state index in [1.54, 1.807) is 30.6 Å². The second kappa shape index (κ2) is 10.0. The van der Waals surface area contributed by atoms with Crippen molar-refractivity contribution in [2.45, 2.75) is 25.9 Å². The molecule has 8 nitrogen and oxygen atoms in total. The molecular weight excluding hydrogens is 495 g/mol. The van der Waals surface area contributed by atoms with Crippen LogP contribution in [-0.2, 0) is 11.0 Å². The molecule has 5 rings (SSSR count). The Morgan fingerprint density at radius 2 is 1.79 bits per heavy atom. The van der Waals surface area contributed by atoms with Crippen molar-refractivity contribution in [3.63, 3.8) is 0 Å². The first-order valence-electron chi connectivity index (χ1n) is 11.8. The van der Waals surface area contributed by atoms with Crippen molar-refractivity contribution < 1.29 is 18.0 Å². The Morgan fingerprint density at radius 1 is 1.03 bits per heavy atom. The number of aromatic nitrogens is 4. The van der Waals surface area contributed by atoms with E-state index in [-0.39, 0.29) is 23.4 Å². The van der Waals surface area contributed by atoms with Crippen LogP contribution in [-0.4, -0.2) is 31.9 Å². The minimum atomic E-state index is -4.57. The molecule has 1 saturated carbocycles. The Hall–Kier alpha value is -4.67. The maximum Gasteiger partial charge on any atom is 0.418 e. The van der Waals surface area contributed by atoms with Crippen molar-refractivity contribution in [3.05, 3.63) is 83.9 Å². The molecule has 0 spiro atoms. The molecule has 0 aliphatic heterocycles. The van der Waals surface area contributed by atoms with Gasteiger partial charge in [-0.25, -0.2) is 9.98 Å². The van der Waals surface area contributed by atoms with E-state index in [4.69, 9.17) is 5.73 Å². The van der Waals surface area contributed by atoms with E-state index in [1.165, 1.54) is 0 Å². The number of amides is 1. The minimum absolute atomic E-state index is 0.0280. The highest BCUT2D eigenvalue weighted by Crippen LogP contribution is 2.33. The number of anilines is 1. The quantitative estimate of drug-likeness (QED) is 0.264. The van der Waals surface area contributed by atoms with Crippen LogP contribution in [0, 0.1) is 12.8 Å². The second-order valence-electron chi connectivity index (χ2n) is 8.95. The van der Waals surface area contributed by atoms with Crippen LogP contribution < -0.4 is 11.1 Å². The minimum Gasteiger partial charge on any atom is -0.382 e. The van der Waals surface area contributed by atoms with Gasteiger partial charge in [-0.2, -0.15) is 18.3 Å². The fourth-order valence-electron chi connectivity index (χ4n) is 3.82. The molecular formula is C27H22F3N7O. The lowest BCUT2D eigenvalue weighted by atomic mass is 9.99. The van der Waals surface area contributed by atoms with Crippen LogP contribution in [0.4, 0.5) is 24.7 Å². The van der Waals surface area contributed by atoms with Gasteiger partial charge in [0.25, 0.3) is 0 Å². The van der Waals surface area contributed by atoms with E-state index in [0.29, 0.717) is 23.4 Å². The molecule has 0 saturated heterocycles. The van der Waals surface area contributed by atoms with Crippen LogP contribution in [0.3, 0.4) is 0 Å². The lowest BCUT2D eigenvalue weighted by Crippen LogP contribution is -2.17. The highest BCUT2D eigenvalue weighted by atomic mass is 19.4. The van der Waals surface area contributed by atoms with Crippen LogP contribution >= 0.6 is 0 Å². The van der Waals surface area contributed by atoms with Gasteiger partial charge in [0.05, 0.1) is 23.1 Å². The van der Waals surface area contributed by atoms with E-state index in [1.807, 2.05) is 31.2 Å². The van der Waals surface area contributed by atoms with Crippen molar-refractivity contribution in [1.29, 1.82) is 0 Å². The van der Waals surface area contributed by atoms with Gasteiger partial charge in [-0.1, -0.05) is 6.07 Å². The van der Waals surface area contributed by atoms with Crippen molar-refractivity contribution in [2.24, 2.45) is 16.6 Å². The topological polar surface area (TPSA) is 119 Å². The van der Waals surface area contributed by atoms with Gasteiger partial charge in [0.1, 0.15) is 11.5 Å². The zero-order valence-corrected chi connectivity index (χ0v) is 20.2. The van der Waals surface area contributed by atoms with Gasteiger partial charge in [0.2, 0.25) is 5.91 Å². The third-order valence-corrected chi connectivity index (χ3v) is 6.04. The molecule has 1 fully saturated rings. The standard InChI is InChI=1S/C27H22F3N7O/c1-15-2-5-20(35-25(31)23-12-19(14-34-37-23)27(28,29)30)13-21(15)17-6-8-32-22(10-17)18-7-9-33-24(11-18)36-26(38)16-3-4-16/h2,5-14,16H,3-4H2,1H3,(H2,31,35)(H,33,36,38). The molecule has 11 heteroatoms. The highest BCUT2D eigenvalue weighted by Gasteiger charge is 2.32. The average Bonchev–Trinajstić information content (AvgIpc) is 3.75. The summed E-state index contributed by atoms with van der Waals surface area (Å²) in [6.45, 7) is 1.93. The number of aryl methyl sites for hydroxylation is 1. The van der Waals surface area contributed by atoms with E-state index in [2.05, 4.69) is 30.5 Å². The van der Waals surface area contributed by atoms with Crippen molar-refractivity contribution in [2.75, 3.05) is 5.32 Å². The molecule has 3 N–H and O–H groups in total. The van der Waals surface area contributed by atoms with Crippen LogP contribution in [0.25, 0.3) is 22.4 Å². The third-order valence-electron chi connectivity index (χ3n) is 6.04. The maximum atomic E-state index is 13.0. The van der Waals surface area contributed by atoms with Crippen LogP contribution in [0.2, 0.25) is 0 Å². The van der Waals surface area contributed by atoms with Gasteiger partial charge in [0.15, 0.2) is 5.84 Å². The number of hydrogen-bond donors (Lipinski definition) is 2. The number of aliphatic imine (C=N–C) groups is 1. The highest BCUT2D eigenvalue weighted by molar-refractivity contribution is 5.97.